The Bertz CT molecular complexity index is 2540. The summed E-state index contributed by atoms with van der Waals surface area (Å²) in [6, 6.07) is 67.0. The van der Waals surface area contributed by atoms with E-state index in [-0.39, 0.29) is 0 Å². The zero-order chi connectivity index (χ0) is 31.9. The standard InChI is InChI=1S/C46H31NO/c1-2-9-32(10-3-1)34-19-23-40(24-20-34)47(42-27-28-46-44(31-42)43-15-6-7-16-45(43)48-46)41-25-21-35(22-26-41)37-13-8-14-38(29-37)39-18-17-33-11-4-5-12-36(33)30-39/h1-31H. The molecule has 0 bridgehead atoms. The van der Waals surface area contributed by atoms with Gasteiger partial charge in [0.05, 0.1) is 0 Å². The van der Waals surface area contributed by atoms with Crippen LogP contribution in [-0.2, 0) is 0 Å². The number of benzene rings is 8. The molecule has 0 saturated carbocycles. The maximum Gasteiger partial charge on any atom is 0.135 e. The fraction of sp³-hybridized carbons (Fsp3) is 0. The van der Waals surface area contributed by atoms with Gasteiger partial charge in [-0.25, -0.2) is 0 Å². The van der Waals surface area contributed by atoms with Crippen LogP contribution < -0.4 is 4.90 Å². The molecule has 0 aliphatic rings. The van der Waals surface area contributed by atoms with Crippen LogP contribution in [0.5, 0.6) is 0 Å². The van der Waals surface area contributed by atoms with Crippen molar-refractivity contribution in [2.45, 2.75) is 0 Å². The Kier molecular flexibility index (Phi) is 6.84. The molecule has 226 valence electrons. The fourth-order valence-corrected chi connectivity index (χ4v) is 6.78. The summed E-state index contributed by atoms with van der Waals surface area (Å²) in [5.74, 6) is 0. The summed E-state index contributed by atoms with van der Waals surface area (Å²) in [7, 11) is 0. The molecular weight excluding hydrogens is 583 g/mol. The Labute approximate surface area is 279 Å². The molecule has 1 aromatic heterocycles. The molecule has 48 heavy (non-hydrogen) atoms. The van der Waals surface area contributed by atoms with E-state index in [2.05, 4.69) is 181 Å². The van der Waals surface area contributed by atoms with Gasteiger partial charge in [-0.1, -0.05) is 127 Å². The smallest absolute Gasteiger partial charge is 0.135 e. The van der Waals surface area contributed by atoms with Crippen molar-refractivity contribution in [2.24, 2.45) is 0 Å². The first-order valence-corrected chi connectivity index (χ1v) is 16.3. The van der Waals surface area contributed by atoms with Gasteiger partial charge in [-0.3, -0.25) is 0 Å². The monoisotopic (exact) mass is 613 g/mol. The topological polar surface area (TPSA) is 16.4 Å². The van der Waals surface area contributed by atoms with E-state index in [1.54, 1.807) is 0 Å². The summed E-state index contributed by atoms with van der Waals surface area (Å²) in [6.07, 6.45) is 0. The fourth-order valence-electron chi connectivity index (χ4n) is 6.78. The molecule has 1 heterocycles. The highest BCUT2D eigenvalue weighted by molar-refractivity contribution is 6.06. The number of anilines is 3. The molecule has 0 unspecified atom stereocenters. The van der Waals surface area contributed by atoms with Crippen LogP contribution in [0.1, 0.15) is 0 Å². The molecule has 0 amide bonds. The number of para-hydroxylation sites is 1. The van der Waals surface area contributed by atoms with Crippen molar-refractivity contribution in [1.29, 1.82) is 0 Å². The molecule has 0 saturated heterocycles. The van der Waals surface area contributed by atoms with E-state index in [0.717, 1.165) is 39.0 Å². The number of nitrogens with zero attached hydrogens (tertiary/aromatic N) is 1. The van der Waals surface area contributed by atoms with Gasteiger partial charge in [0.1, 0.15) is 11.2 Å². The van der Waals surface area contributed by atoms with Crippen molar-refractivity contribution in [3.05, 3.63) is 188 Å². The number of rotatable bonds is 6. The highest BCUT2D eigenvalue weighted by atomic mass is 16.3. The molecule has 8 aromatic carbocycles. The van der Waals surface area contributed by atoms with Crippen LogP contribution in [0.4, 0.5) is 17.1 Å². The summed E-state index contributed by atoms with van der Waals surface area (Å²) in [6.45, 7) is 0. The first kappa shape index (κ1) is 27.9. The van der Waals surface area contributed by atoms with Crippen LogP contribution in [0.25, 0.3) is 66.1 Å². The zero-order valence-electron chi connectivity index (χ0n) is 26.3. The minimum Gasteiger partial charge on any atom is -0.456 e. The Morgan fingerprint density at radius 2 is 0.812 bits per heavy atom. The Morgan fingerprint density at radius 1 is 0.292 bits per heavy atom. The average molecular weight is 614 g/mol. The second-order valence-electron chi connectivity index (χ2n) is 12.2. The lowest BCUT2D eigenvalue weighted by Gasteiger charge is -2.26. The molecule has 0 aliphatic heterocycles. The van der Waals surface area contributed by atoms with Crippen LogP contribution in [-0.4, -0.2) is 0 Å². The lowest BCUT2D eigenvalue weighted by Crippen LogP contribution is -2.09. The largest absolute Gasteiger partial charge is 0.456 e. The molecule has 2 heteroatoms. The third kappa shape index (κ3) is 5.10. The molecule has 0 atom stereocenters. The van der Waals surface area contributed by atoms with Gasteiger partial charge in [-0.05, 0) is 105 Å². The van der Waals surface area contributed by atoms with Crippen LogP contribution in [0.3, 0.4) is 0 Å². The predicted molar refractivity (Wildman–Crippen MR) is 202 cm³/mol. The van der Waals surface area contributed by atoms with Crippen LogP contribution in [0, 0.1) is 0 Å². The van der Waals surface area contributed by atoms with Crippen molar-refractivity contribution < 1.29 is 4.42 Å². The molecule has 0 aliphatic carbocycles. The number of hydrogen-bond donors (Lipinski definition) is 0. The van der Waals surface area contributed by atoms with Gasteiger partial charge in [-0.2, -0.15) is 0 Å². The number of fused-ring (bicyclic) bond motifs is 4. The maximum absolute atomic E-state index is 6.17. The van der Waals surface area contributed by atoms with E-state index >= 15 is 0 Å². The molecule has 9 rings (SSSR count). The van der Waals surface area contributed by atoms with Gasteiger partial charge in [0.2, 0.25) is 0 Å². The van der Waals surface area contributed by atoms with E-state index in [1.807, 2.05) is 12.1 Å². The van der Waals surface area contributed by atoms with Crippen LogP contribution >= 0.6 is 0 Å². The normalized spacial score (nSPS) is 11.3. The summed E-state index contributed by atoms with van der Waals surface area (Å²) >= 11 is 0. The molecule has 0 radical (unpaired) electrons. The zero-order valence-corrected chi connectivity index (χ0v) is 26.3. The van der Waals surface area contributed by atoms with Crippen molar-refractivity contribution in [3.63, 3.8) is 0 Å². The number of furan rings is 1. The summed E-state index contributed by atoms with van der Waals surface area (Å²) in [5.41, 5.74) is 12.2. The van der Waals surface area contributed by atoms with Crippen LogP contribution in [0.15, 0.2) is 192 Å². The third-order valence-corrected chi connectivity index (χ3v) is 9.26. The van der Waals surface area contributed by atoms with Crippen molar-refractivity contribution in [2.75, 3.05) is 4.90 Å². The lowest BCUT2D eigenvalue weighted by atomic mass is 9.97. The highest BCUT2D eigenvalue weighted by Gasteiger charge is 2.16. The van der Waals surface area contributed by atoms with Gasteiger partial charge >= 0.3 is 0 Å². The summed E-state index contributed by atoms with van der Waals surface area (Å²) < 4.78 is 6.17. The molecular formula is C46H31NO. The molecule has 9 aromatic rings. The highest BCUT2D eigenvalue weighted by Crippen LogP contribution is 2.40. The minimum atomic E-state index is 0.890. The van der Waals surface area contributed by atoms with Gasteiger partial charge in [0, 0.05) is 27.8 Å². The van der Waals surface area contributed by atoms with Crippen molar-refractivity contribution in [1.82, 2.24) is 0 Å². The van der Waals surface area contributed by atoms with E-state index in [4.69, 9.17) is 4.42 Å². The first-order chi connectivity index (χ1) is 23.8. The summed E-state index contributed by atoms with van der Waals surface area (Å²) in [5, 5.41) is 4.74. The molecule has 0 spiro atoms. The quantitative estimate of drug-likeness (QED) is 0.185. The SMILES string of the molecule is c1ccc(-c2ccc(N(c3ccc(-c4cccc(-c5ccc6ccccc6c5)c4)cc3)c3ccc4oc5ccccc5c4c3)cc2)cc1. The maximum atomic E-state index is 6.17. The van der Waals surface area contributed by atoms with Gasteiger partial charge in [0.15, 0.2) is 0 Å². The third-order valence-electron chi connectivity index (χ3n) is 9.26. The first-order valence-electron chi connectivity index (χ1n) is 16.3. The van der Waals surface area contributed by atoms with E-state index < -0.39 is 0 Å². The predicted octanol–water partition coefficient (Wildman–Crippen LogP) is 13.2. The Morgan fingerprint density at radius 3 is 1.58 bits per heavy atom. The van der Waals surface area contributed by atoms with E-state index in [9.17, 15) is 0 Å². The van der Waals surface area contributed by atoms with Crippen molar-refractivity contribution >= 4 is 49.8 Å². The van der Waals surface area contributed by atoms with Gasteiger partial charge < -0.3 is 9.32 Å². The second kappa shape index (κ2) is 11.8. The van der Waals surface area contributed by atoms with Gasteiger partial charge in [-0.15, -0.1) is 0 Å². The Balaban J connectivity index is 1.11. The lowest BCUT2D eigenvalue weighted by molar-refractivity contribution is 0.669. The molecule has 0 N–H and O–H groups in total. The molecule has 2 nitrogen and oxygen atoms in total. The van der Waals surface area contributed by atoms with E-state index in [0.29, 0.717) is 0 Å². The average Bonchev–Trinajstić information content (AvgIpc) is 3.54. The van der Waals surface area contributed by atoms with Gasteiger partial charge in [0.25, 0.3) is 0 Å². The summed E-state index contributed by atoms with van der Waals surface area (Å²) in [4.78, 5) is 2.32. The Hall–Kier alpha value is -6.38. The van der Waals surface area contributed by atoms with E-state index in [1.165, 1.54) is 44.2 Å². The van der Waals surface area contributed by atoms with Crippen molar-refractivity contribution in [3.8, 4) is 33.4 Å². The molecule has 0 fully saturated rings. The second-order valence-corrected chi connectivity index (χ2v) is 12.2. The number of hydrogen-bond acceptors (Lipinski definition) is 2. The van der Waals surface area contributed by atoms with Crippen LogP contribution in [0.2, 0.25) is 0 Å². The minimum absolute atomic E-state index is 0.890.